The molecule has 1 aliphatic rings. The lowest BCUT2D eigenvalue weighted by molar-refractivity contribution is -0.118. The molecule has 0 atom stereocenters. The van der Waals surface area contributed by atoms with Crippen molar-refractivity contribution in [1.82, 2.24) is 14.3 Å². The summed E-state index contributed by atoms with van der Waals surface area (Å²) in [7, 11) is 1.96. The van der Waals surface area contributed by atoms with E-state index in [-0.39, 0.29) is 5.91 Å². The molecule has 1 aliphatic carbocycles. The Hall–Kier alpha value is -2.93. The molecule has 1 aromatic carbocycles. The first kappa shape index (κ1) is 16.3. The first-order valence-electron chi connectivity index (χ1n) is 8.94. The van der Waals surface area contributed by atoms with Gasteiger partial charge >= 0.3 is 0 Å². The minimum absolute atomic E-state index is 0.129. The number of para-hydroxylation sites is 1. The number of thiazole rings is 1. The van der Waals surface area contributed by atoms with Gasteiger partial charge in [-0.15, -0.1) is 11.3 Å². The lowest BCUT2D eigenvalue weighted by Crippen LogP contribution is -2.15. The fraction of sp³-hybridized carbons (Fsp3) is 0.250. The topological polar surface area (TPSA) is 65.3 Å². The average molecular weight is 378 g/mol. The Morgan fingerprint density at radius 2 is 2.19 bits per heavy atom. The molecule has 0 bridgehead atoms. The van der Waals surface area contributed by atoms with E-state index in [2.05, 4.69) is 10.1 Å². The second-order valence-corrected chi connectivity index (χ2v) is 7.72. The van der Waals surface area contributed by atoms with Crippen LogP contribution in [0.5, 0.6) is 0 Å². The summed E-state index contributed by atoms with van der Waals surface area (Å²) in [5.74, 6) is 0.885. The van der Waals surface area contributed by atoms with E-state index in [4.69, 9.17) is 4.42 Å². The Morgan fingerprint density at radius 3 is 3.11 bits per heavy atom. The van der Waals surface area contributed by atoms with Crippen molar-refractivity contribution in [3.63, 3.8) is 0 Å². The zero-order valence-electron chi connectivity index (χ0n) is 14.9. The van der Waals surface area contributed by atoms with Crippen LogP contribution in [0.2, 0.25) is 0 Å². The van der Waals surface area contributed by atoms with Gasteiger partial charge in [-0.3, -0.25) is 9.48 Å². The minimum Gasteiger partial charge on any atom is -0.469 e. The largest absolute Gasteiger partial charge is 0.469 e. The van der Waals surface area contributed by atoms with Crippen LogP contribution in [0.25, 0.3) is 22.2 Å². The molecule has 7 heteroatoms. The molecular weight excluding hydrogens is 360 g/mol. The van der Waals surface area contributed by atoms with E-state index in [9.17, 15) is 4.79 Å². The Bertz CT molecular complexity index is 1220. The Labute approximate surface area is 159 Å². The van der Waals surface area contributed by atoms with Crippen LogP contribution in [0, 0.1) is 0 Å². The predicted molar refractivity (Wildman–Crippen MR) is 103 cm³/mol. The molecule has 0 saturated carbocycles. The molecule has 0 N–H and O–H groups in total. The first-order valence-corrected chi connectivity index (χ1v) is 9.76. The number of hydrogen-bond acceptors (Lipinski definition) is 4. The number of nitrogens with zero attached hydrogens (tertiary/aromatic N) is 4. The number of carbonyl (C=O) groups is 1. The maximum Gasteiger partial charge on any atom is 0.250 e. The number of aromatic nitrogens is 3. The normalized spacial score (nSPS) is 13.7. The molecule has 1 amide bonds. The molecule has 6 nitrogen and oxygen atoms in total. The monoisotopic (exact) mass is 378 g/mol. The van der Waals surface area contributed by atoms with Crippen molar-refractivity contribution in [2.45, 2.75) is 25.8 Å². The Morgan fingerprint density at radius 1 is 1.30 bits per heavy atom. The van der Waals surface area contributed by atoms with Gasteiger partial charge in [-0.1, -0.05) is 18.2 Å². The van der Waals surface area contributed by atoms with Crippen molar-refractivity contribution in [3.05, 3.63) is 58.2 Å². The van der Waals surface area contributed by atoms with Crippen LogP contribution in [0.3, 0.4) is 0 Å². The lowest BCUT2D eigenvalue weighted by atomic mass is 10.0. The van der Waals surface area contributed by atoms with Crippen molar-refractivity contribution in [2.24, 2.45) is 12.0 Å². The van der Waals surface area contributed by atoms with E-state index in [1.54, 1.807) is 17.6 Å². The highest BCUT2D eigenvalue weighted by Gasteiger charge is 2.23. The lowest BCUT2D eigenvalue weighted by Gasteiger charge is -2.11. The maximum absolute atomic E-state index is 12.5. The van der Waals surface area contributed by atoms with E-state index in [0.717, 1.165) is 45.6 Å². The molecule has 0 unspecified atom stereocenters. The van der Waals surface area contributed by atoms with Crippen LogP contribution in [-0.4, -0.2) is 20.3 Å². The number of hydrogen-bond donors (Lipinski definition) is 0. The third kappa shape index (κ3) is 2.75. The van der Waals surface area contributed by atoms with Gasteiger partial charge in [0.25, 0.3) is 0 Å². The SMILES string of the molecule is Cn1c2c(sc1=NC(=O)CCn1ncc3ccccc31)CCc1occc1-2. The van der Waals surface area contributed by atoms with Gasteiger partial charge in [0.1, 0.15) is 5.76 Å². The second kappa shape index (κ2) is 6.35. The summed E-state index contributed by atoms with van der Waals surface area (Å²) in [6, 6.07) is 9.99. The number of amides is 1. The molecule has 4 aromatic rings. The molecular formula is C20H18N4O2S. The molecule has 0 saturated heterocycles. The van der Waals surface area contributed by atoms with Crippen LogP contribution in [0.15, 0.2) is 52.2 Å². The van der Waals surface area contributed by atoms with Gasteiger partial charge < -0.3 is 8.98 Å². The number of furan rings is 1. The van der Waals surface area contributed by atoms with Crippen molar-refractivity contribution in [2.75, 3.05) is 0 Å². The summed E-state index contributed by atoms with van der Waals surface area (Å²) in [6.07, 6.45) is 5.71. The molecule has 3 aromatic heterocycles. The summed E-state index contributed by atoms with van der Waals surface area (Å²) < 4.78 is 9.43. The van der Waals surface area contributed by atoms with Gasteiger partial charge in [-0.05, 0) is 18.6 Å². The summed E-state index contributed by atoms with van der Waals surface area (Å²) in [5, 5.41) is 5.45. The van der Waals surface area contributed by atoms with Crippen molar-refractivity contribution in [3.8, 4) is 11.3 Å². The first-order chi connectivity index (χ1) is 13.2. The molecule has 5 rings (SSSR count). The molecule has 0 spiro atoms. The van der Waals surface area contributed by atoms with E-state index in [1.165, 1.54) is 4.88 Å². The zero-order valence-corrected chi connectivity index (χ0v) is 15.7. The molecule has 27 heavy (non-hydrogen) atoms. The summed E-state index contributed by atoms with van der Waals surface area (Å²) in [4.78, 5) is 18.8. The van der Waals surface area contributed by atoms with Gasteiger partial charge in [-0.2, -0.15) is 10.1 Å². The van der Waals surface area contributed by atoms with Crippen molar-refractivity contribution >= 4 is 28.1 Å². The Kier molecular flexibility index (Phi) is 3.82. The van der Waals surface area contributed by atoms with Gasteiger partial charge in [0.05, 0.1) is 30.2 Å². The minimum atomic E-state index is -0.129. The fourth-order valence-electron chi connectivity index (χ4n) is 3.65. The fourth-order valence-corrected chi connectivity index (χ4v) is 4.79. The summed E-state index contributed by atoms with van der Waals surface area (Å²) in [5.41, 5.74) is 3.28. The highest BCUT2D eigenvalue weighted by molar-refractivity contribution is 7.09. The van der Waals surface area contributed by atoms with Crippen molar-refractivity contribution < 1.29 is 9.21 Å². The maximum atomic E-state index is 12.5. The molecule has 3 heterocycles. The summed E-state index contributed by atoms with van der Waals surface area (Å²) in [6.45, 7) is 0.524. The van der Waals surface area contributed by atoms with Crippen LogP contribution in [-0.2, 0) is 31.2 Å². The quantitative estimate of drug-likeness (QED) is 0.549. The number of carbonyl (C=O) groups excluding carboxylic acids is 1. The smallest absolute Gasteiger partial charge is 0.250 e. The van der Waals surface area contributed by atoms with Gasteiger partial charge in [0, 0.05) is 35.7 Å². The number of benzene rings is 1. The average Bonchev–Trinajstić information content (AvgIpc) is 3.38. The number of aryl methyl sites for hydroxylation is 3. The number of fused-ring (bicyclic) bond motifs is 4. The zero-order chi connectivity index (χ0) is 18.4. The standard InChI is InChI=1S/C20H18N4O2S/c1-23-19-14-9-11-26-16(14)6-7-17(19)27-20(23)22-18(25)8-10-24-15-5-3-2-4-13(15)12-21-24/h2-5,9,11-12H,6-8,10H2,1H3. The van der Waals surface area contributed by atoms with Gasteiger partial charge in [0.2, 0.25) is 5.91 Å². The third-order valence-corrected chi connectivity index (χ3v) is 6.18. The van der Waals surface area contributed by atoms with E-state index in [1.807, 2.05) is 52.8 Å². The number of rotatable bonds is 3. The molecule has 0 radical (unpaired) electrons. The second-order valence-electron chi connectivity index (χ2n) is 6.65. The summed E-state index contributed by atoms with van der Waals surface area (Å²) >= 11 is 1.59. The molecule has 136 valence electrons. The Balaban J connectivity index is 1.40. The highest BCUT2D eigenvalue weighted by Crippen LogP contribution is 2.35. The van der Waals surface area contributed by atoms with Gasteiger partial charge in [0.15, 0.2) is 4.80 Å². The van der Waals surface area contributed by atoms with Crippen LogP contribution in [0.4, 0.5) is 0 Å². The molecule has 0 fully saturated rings. The molecule has 0 aliphatic heterocycles. The van der Waals surface area contributed by atoms with Crippen LogP contribution < -0.4 is 4.80 Å². The van der Waals surface area contributed by atoms with E-state index >= 15 is 0 Å². The highest BCUT2D eigenvalue weighted by atomic mass is 32.1. The van der Waals surface area contributed by atoms with Crippen molar-refractivity contribution in [1.29, 1.82) is 0 Å². The van der Waals surface area contributed by atoms with Crippen LogP contribution >= 0.6 is 11.3 Å². The van der Waals surface area contributed by atoms with Gasteiger partial charge in [-0.25, -0.2) is 0 Å². The van der Waals surface area contributed by atoms with E-state index in [0.29, 0.717) is 13.0 Å². The van der Waals surface area contributed by atoms with E-state index < -0.39 is 0 Å². The third-order valence-electron chi connectivity index (χ3n) is 4.99. The predicted octanol–water partition coefficient (Wildman–Crippen LogP) is 3.31. The van der Waals surface area contributed by atoms with Crippen LogP contribution in [0.1, 0.15) is 17.1 Å².